The van der Waals surface area contributed by atoms with Crippen LogP contribution in [0.5, 0.6) is 0 Å². The minimum Gasteiger partial charge on any atom is -0.451 e. The van der Waals surface area contributed by atoms with E-state index in [9.17, 15) is 19.2 Å². The molecule has 2 atom stereocenters. The smallest absolute Gasteiger partial charge is 0.287 e. The largest absolute Gasteiger partial charge is 0.451 e. The molecule has 0 bridgehead atoms. The summed E-state index contributed by atoms with van der Waals surface area (Å²) in [6.07, 6.45) is 0.334. The van der Waals surface area contributed by atoms with Gasteiger partial charge >= 0.3 is 0 Å². The molecule has 2 aliphatic rings. The Kier molecular flexibility index (Phi) is 3.52. The summed E-state index contributed by atoms with van der Waals surface area (Å²) >= 11 is 0. The zero-order chi connectivity index (χ0) is 17.6. The maximum Gasteiger partial charge on any atom is 0.287 e. The van der Waals surface area contributed by atoms with E-state index in [1.54, 1.807) is 24.3 Å². The number of carbonyl (C=O) groups is 3. The summed E-state index contributed by atoms with van der Waals surface area (Å²) < 4.78 is 5.50. The Labute approximate surface area is 141 Å². The van der Waals surface area contributed by atoms with Crippen LogP contribution in [0.3, 0.4) is 0 Å². The minimum atomic E-state index is -0.560. The quantitative estimate of drug-likeness (QED) is 0.774. The van der Waals surface area contributed by atoms with Gasteiger partial charge in [0.2, 0.25) is 11.8 Å². The van der Waals surface area contributed by atoms with Crippen LogP contribution in [-0.4, -0.2) is 47.8 Å². The molecule has 4 rings (SSSR count). The lowest BCUT2D eigenvalue weighted by molar-refractivity contribution is -0.143. The SMILES string of the molecule is O=C(N[C@H]1C[C@H]2C(=O)NCC(=O)N2C1)c1cc(=O)c2ccccc2o1. The second-order valence-electron chi connectivity index (χ2n) is 6.16. The van der Waals surface area contributed by atoms with Crippen LogP contribution >= 0.6 is 0 Å². The summed E-state index contributed by atoms with van der Waals surface area (Å²) in [5.41, 5.74) is 0.0314. The zero-order valence-corrected chi connectivity index (χ0v) is 13.2. The monoisotopic (exact) mass is 341 g/mol. The third kappa shape index (κ3) is 2.65. The number of hydrogen-bond donors (Lipinski definition) is 2. The fourth-order valence-corrected chi connectivity index (χ4v) is 3.32. The predicted molar refractivity (Wildman–Crippen MR) is 86.9 cm³/mol. The predicted octanol–water partition coefficient (Wildman–Crippen LogP) is -0.378. The maximum absolute atomic E-state index is 12.4. The Morgan fingerprint density at radius 1 is 1.24 bits per heavy atom. The van der Waals surface area contributed by atoms with Crippen molar-refractivity contribution in [1.29, 1.82) is 0 Å². The molecule has 8 nitrogen and oxygen atoms in total. The van der Waals surface area contributed by atoms with Crippen molar-refractivity contribution in [3.8, 4) is 0 Å². The molecule has 2 saturated heterocycles. The molecule has 25 heavy (non-hydrogen) atoms. The highest BCUT2D eigenvalue weighted by Gasteiger charge is 2.42. The molecule has 2 N–H and O–H groups in total. The molecule has 0 aliphatic carbocycles. The molecule has 2 fully saturated rings. The molecule has 1 aromatic heterocycles. The molecule has 0 radical (unpaired) electrons. The van der Waals surface area contributed by atoms with E-state index in [2.05, 4.69) is 10.6 Å². The molecular weight excluding hydrogens is 326 g/mol. The molecule has 1 aromatic carbocycles. The van der Waals surface area contributed by atoms with Crippen LogP contribution in [0.2, 0.25) is 0 Å². The van der Waals surface area contributed by atoms with Crippen molar-refractivity contribution in [1.82, 2.24) is 15.5 Å². The number of rotatable bonds is 2. The highest BCUT2D eigenvalue weighted by molar-refractivity contribution is 5.96. The van der Waals surface area contributed by atoms with Gasteiger partial charge in [-0.2, -0.15) is 0 Å². The lowest BCUT2D eigenvalue weighted by atomic mass is 10.1. The molecule has 3 heterocycles. The van der Waals surface area contributed by atoms with Crippen LogP contribution in [0.4, 0.5) is 0 Å². The third-order valence-electron chi connectivity index (χ3n) is 4.53. The van der Waals surface area contributed by atoms with Gasteiger partial charge < -0.3 is 20.0 Å². The van der Waals surface area contributed by atoms with Crippen LogP contribution in [0.15, 0.2) is 39.5 Å². The summed E-state index contributed by atoms with van der Waals surface area (Å²) in [5.74, 6) is -1.02. The van der Waals surface area contributed by atoms with Crippen molar-refractivity contribution in [2.45, 2.75) is 18.5 Å². The van der Waals surface area contributed by atoms with Gasteiger partial charge in [-0.1, -0.05) is 12.1 Å². The van der Waals surface area contributed by atoms with Crippen molar-refractivity contribution >= 4 is 28.7 Å². The van der Waals surface area contributed by atoms with Crippen molar-refractivity contribution in [3.05, 3.63) is 46.3 Å². The second kappa shape index (κ2) is 5.73. The number of benzene rings is 1. The Balaban J connectivity index is 1.54. The minimum absolute atomic E-state index is 0.0183. The molecule has 128 valence electrons. The molecule has 0 saturated carbocycles. The van der Waals surface area contributed by atoms with Gasteiger partial charge in [0, 0.05) is 18.7 Å². The number of hydrogen-bond acceptors (Lipinski definition) is 5. The van der Waals surface area contributed by atoms with Gasteiger partial charge in [0.05, 0.1) is 11.9 Å². The summed E-state index contributed by atoms with van der Waals surface area (Å²) in [6.45, 7) is 0.246. The molecule has 0 unspecified atom stereocenters. The molecule has 8 heteroatoms. The third-order valence-corrected chi connectivity index (χ3v) is 4.53. The summed E-state index contributed by atoms with van der Waals surface area (Å²) in [7, 11) is 0. The summed E-state index contributed by atoms with van der Waals surface area (Å²) in [5, 5.41) is 5.67. The fourth-order valence-electron chi connectivity index (χ4n) is 3.32. The van der Waals surface area contributed by atoms with Gasteiger partial charge in [0.15, 0.2) is 11.2 Å². The van der Waals surface area contributed by atoms with Crippen molar-refractivity contribution in [2.75, 3.05) is 13.1 Å². The Morgan fingerprint density at radius 2 is 2.04 bits per heavy atom. The fraction of sp³-hybridized carbons (Fsp3) is 0.294. The first-order valence-corrected chi connectivity index (χ1v) is 7.94. The Bertz CT molecular complexity index is 927. The summed E-state index contributed by atoms with van der Waals surface area (Å²) in [4.78, 5) is 49.7. The highest BCUT2D eigenvalue weighted by Crippen LogP contribution is 2.21. The first-order chi connectivity index (χ1) is 12.0. The number of para-hydroxylation sites is 1. The van der Waals surface area contributed by atoms with Crippen LogP contribution in [0, 0.1) is 0 Å². The summed E-state index contributed by atoms with van der Waals surface area (Å²) in [6, 6.07) is 6.89. The number of nitrogens with one attached hydrogen (secondary N) is 2. The number of nitrogens with zero attached hydrogens (tertiary/aromatic N) is 1. The average Bonchev–Trinajstić information content (AvgIpc) is 3.03. The van der Waals surface area contributed by atoms with Crippen LogP contribution in [0.25, 0.3) is 11.0 Å². The molecule has 2 aromatic rings. The van der Waals surface area contributed by atoms with E-state index < -0.39 is 11.9 Å². The van der Waals surface area contributed by atoms with E-state index in [1.807, 2.05) is 0 Å². The van der Waals surface area contributed by atoms with E-state index in [4.69, 9.17) is 4.42 Å². The van der Waals surface area contributed by atoms with Gasteiger partial charge in [-0.25, -0.2) is 0 Å². The lowest BCUT2D eigenvalue weighted by Crippen LogP contribution is -2.55. The first-order valence-electron chi connectivity index (χ1n) is 7.94. The molecular formula is C17H15N3O5. The van der Waals surface area contributed by atoms with Crippen molar-refractivity contribution in [2.24, 2.45) is 0 Å². The van der Waals surface area contributed by atoms with E-state index in [0.29, 0.717) is 17.4 Å². The first kappa shape index (κ1) is 15.4. The van der Waals surface area contributed by atoms with Gasteiger partial charge in [0.1, 0.15) is 11.6 Å². The average molecular weight is 341 g/mol. The number of fused-ring (bicyclic) bond motifs is 2. The van der Waals surface area contributed by atoms with Crippen molar-refractivity contribution in [3.63, 3.8) is 0 Å². The van der Waals surface area contributed by atoms with Gasteiger partial charge in [0.25, 0.3) is 5.91 Å². The Morgan fingerprint density at radius 3 is 2.84 bits per heavy atom. The second-order valence-corrected chi connectivity index (χ2v) is 6.16. The number of piperazine rings is 1. The van der Waals surface area contributed by atoms with E-state index in [-0.39, 0.29) is 42.1 Å². The zero-order valence-electron chi connectivity index (χ0n) is 13.2. The van der Waals surface area contributed by atoms with Crippen LogP contribution in [0.1, 0.15) is 17.0 Å². The molecule has 0 spiro atoms. The van der Waals surface area contributed by atoms with Gasteiger partial charge in [-0.15, -0.1) is 0 Å². The maximum atomic E-state index is 12.4. The number of carbonyl (C=O) groups excluding carboxylic acids is 3. The topological polar surface area (TPSA) is 109 Å². The molecule has 2 aliphatic heterocycles. The Hall–Kier alpha value is -3.16. The van der Waals surface area contributed by atoms with Crippen LogP contribution in [-0.2, 0) is 9.59 Å². The van der Waals surface area contributed by atoms with E-state index in [1.165, 1.54) is 4.90 Å². The molecule has 3 amide bonds. The highest BCUT2D eigenvalue weighted by atomic mass is 16.3. The van der Waals surface area contributed by atoms with E-state index >= 15 is 0 Å². The standard InChI is InChI=1S/C17H15N3O5/c21-12-6-14(25-13-4-2-1-3-10(12)13)17(24)19-9-5-11-16(23)18-7-15(22)20(11)8-9/h1-4,6,9,11H,5,7-8H2,(H,18,23)(H,19,24)/t9-,11-/m0/s1. The van der Waals surface area contributed by atoms with Crippen molar-refractivity contribution < 1.29 is 18.8 Å². The van der Waals surface area contributed by atoms with Gasteiger partial charge in [-0.3, -0.25) is 19.2 Å². The normalized spacial score (nSPS) is 22.6. The number of amides is 3. The van der Waals surface area contributed by atoms with Crippen LogP contribution < -0.4 is 16.1 Å². The van der Waals surface area contributed by atoms with E-state index in [0.717, 1.165) is 6.07 Å². The van der Waals surface area contributed by atoms with Gasteiger partial charge in [-0.05, 0) is 18.6 Å². The lowest BCUT2D eigenvalue weighted by Gasteiger charge is -2.28.